The second kappa shape index (κ2) is 7.85. The SMILES string of the molecule is CC(=O)O[C@@H]1CC[C@@]2(C)[C@@H](CC[C@@]3(C)[C@H]2CC=C2[C@@H]4CC(C)(C)CC[C@]4(C(=O)O)CC[C@@]23C)C1(C)C. The number of esters is 1. The molecular weight excluding hydrogens is 448 g/mol. The molecule has 0 radical (unpaired) electrons. The smallest absolute Gasteiger partial charge is 0.310 e. The summed E-state index contributed by atoms with van der Waals surface area (Å²) in [7, 11) is 0. The summed E-state index contributed by atoms with van der Waals surface area (Å²) in [5, 5.41) is 10.5. The molecule has 0 aliphatic heterocycles. The Balaban J connectivity index is 1.55. The highest BCUT2D eigenvalue weighted by atomic mass is 16.5. The highest BCUT2D eigenvalue weighted by Crippen LogP contribution is 2.75. The first-order valence-electron chi connectivity index (χ1n) is 14.6. The van der Waals surface area contributed by atoms with Crippen LogP contribution in [-0.4, -0.2) is 23.1 Å². The van der Waals surface area contributed by atoms with Crippen LogP contribution in [0.4, 0.5) is 0 Å². The van der Waals surface area contributed by atoms with Crippen molar-refractivity contribution in [1.29, 1.82) is 0 Å². The number of carboxylic acids is 1. The lowest BCUT2D eigenvalue weighted by Crippen LogP contribution is -2.65. The van der Waals surface area contributed by atoms with E-state index in [2.05, 4.69) is 54.5 Å². The van der Waals surface area contributed by atoms with Gasteiger partial charge in [0.25, 0.3) is 0 Å². The first-order chi connectivity index (χ1) is 16.5. The van der Waals surface area contributed by atoms with E-state index in [0.29, 0.717) is 11.8 Å². The lowest BCUT2D eigenvalue weighted by atomic mass is 9.33. The van der Waals surface area contributed by atoms with Crippen molar-refractivity contribution >= 4 is 11.9 Å². The Hall–Kier alpha value is -1.32. The van der Waals surface area contributed by atoms with Crippen molar-refractivity contribution in [2.75, 3.05) is 0 Å². The molecule has 4 fully saturated rings. The highest BCUT2D eigenvalue weighted by Gasteiger charge is 2.69. The standard InChI is InChI=1S/C32H50O4/c1-20(33)36-25-12-13-29(6)23(28(25,4)5)11-14-31(8)24(29)10-9-21-22-19-27(2,3)15-17-32(22,26(34)35)18-16-30(21,31)7/h9,22-25H,10-19H2,1-8H3,(H,34,35)/t22-,23-,24-,25+,29-,30-,31-,32-/m0/s1. The van der Waals surface area contributed by atoms with Crippen molar-refractivity contribution in [2.45, 2.75) is 126 Å². The number of carbonyl (C=O) groups excluding carboxylic acids is 1. The van der Waals surface area contributed by atoms with Gasteiger partial charge in [0.05, 0.1) is 5.41 Å². The lowest BCUT2D eigenvalue weighted by Gasteiger charge is -2.71. The zero-order chi connectivity index (χ0) is 26.5. The quantitative estimate of drug-likeness (QED) is 0.311. The number of hydrogen-bond donors (Lipinski definition) is 1. The van der Waals surface area contributed by atoms with Crippen molar-refractivity contribution in [3.05, 3.63) is 11.6 Å². The fourth-order valence-corrected chi connectivity index (χ4v) is 11.0. The molecule has 4 saturated carbocycles. The molecule has 8 atom stereocenters. The van der Waals surface area contributed by atoms with E-state index >= 15 is 0 Å². The van der Waals surface area contributed by atoms with Crippen molar-refractivity contribution in [3.63, 3.8) is 0 Å². The third kappa shape index (κ3) is 3.30. The number of fused-ring (bicyclic) bond motifs is 7. The van der Waals surface area contributed by atoms with E-state index in [1.807, 2.05) is 0 Å². The van der Waals surface area contributed by atoms with Crippen molar-refractivity contribution in [3.8, 4) is 0 Å². The largest absolute Gasteiger partial charge is 0.481 e. The third-order valence-corrected chi connectivity index (χ3v) is 13.3. The molecule has 5 aliphatic carbocycles. The molecule has 0 spiro atoms. The minimum atomic E-state index is -0.574. The summed E-state index contributed by atoms with van der Waals surface area (Å²) in [6.07, 6.45) is 12.6. The molecule has 0 aromatic rings. The van der Waals surface area contributed by atoms with Gasteiger partial charge >= 0.3 is 11.9 Å². The van der Waals surface area contributed by atoms with Crippen LogP contribution in [0.2, 0.25) is 0 Å². The molecule has 5 rings (SSSR count). The maximum Gasteiger partial charge on any atom is 0.310 e. The lowest BCUT2D eigenvalue weighted by molar-refractivity contribution is -0.213. The fourth-order valence-electron chi connectivity index (χ4n) is 11.0. The summed E-state index contributed by atoms with van der Waals surface area (Å²) >= 11 is 0. The van der Waals surface area contributed by atoms with Crippen LogP contribution in [-0.2, 0) is 14.3 Å². The molecule has 0 heterocycles. The zero-order valence-electron chi connectivity index (χ0n) is 24.1. The van der Waals surface area contributed by atoms with E-state index in [1.165, 1.54) is 12.0 Å². The maximum atomic E-state index is 12.8. The summed E-state index contributed by atoms with van der Waals surface area (Å²) in [5.74, 6) is 0.546. The van der Waals surface area contributed by atoms with Gasteiger partial charge in [0.1, 0.15) is 6.10 Å². The molecule has 1 N–H and O–H groups in total. The van der Waals surface area contributed by atoms with Crippen molar-refractivity contribution < 1.29 is 19.4 Å². The number of hydrogen-bond acceptors (Lipinski definition) is 3. The Kier molecular flexibility index (Phi) is 5.74. The van der Waals surface area contributed by atoms with E-state index in [0.717, 1.165) is 57.8 Å². The molecule has 0 unspecified atom stereocenters. The normalized spacial score (nSPS) is 48.8. The zero-order valence-corrected chi connectivity index (χ0v) is 24.1. The third-order valence-electron chi connectivity index (χ3n) is 13.3. The maximum absolute atomic E-state index is 12.8. The number of carboxylic acid groups (broad SMARTS) is 1. The van der Waals surface area contributed by atoms with Gasteiger partial charge in [0.2, 0.25) is 0 Å². The summed E-state index contributed by atoms with van der Waals surface area (Å²) in [6.45, 7) is 18.5. The summed E-state index contributed by atoms with van der Waals surface area (Å²) in [4.78, 5) is 24.7. The van der Waals surface area contributed by atoms with E-state index in [4.69, 9.17) is 4.74 Å². The molecule has 0 bridgehead atoms. The van der Waals surface area contributed by atoms with E-state index in [1.54, 1.807) is 6.92 Å². The van der Waals surface area contributed by atoms with Gasteiger partial charge in [0.15, 0.2) is 0 Å². The van der Waals surface area contributed by atoms with Gasteiger partial charge in [0, 0.05) is 12.3 Å². The molecule has 4 nitrogen and oxygen atoms in total. The molecule has 4 heteroatoms. The van der Waals surface area contributed by atoms with Gasteiger partial charge in [-0.25, -0.2) is 0 Å². The monoisotopic (exact) mass is 498 g/mol. The van der Waals surface area contributed by atoms with Crippen LogP contribution in [0.5, 0.6) is 0 Å². The minimum absolute atomic E-state index is 0.00181. The van der Waals surface area contributed by atoms with Gasteiger partial charge in [-0.05, 0) is 104 Å². The first kappa shape index (κ1) is 26.3. The number of carbonyl (C=O) groups is 2. The van der Waals surface area contributed by atoms with Crippen LogP contribution in [0.25, 0.3) is 0 Å². The average molecular weight is 499 g/mol. The molecule has 0 amide bonds. The van der Waals surface area contributed by atoms with Gasteiger partial charge in [-0.15, -0.1) is 0 Å². The van der Waals surface area contributed by atoms with E-state index < -0.39 is 11.4 Å². The molecule has 0 aromatic heterocycles. The molecular formula is C32H50O4. The highest BCUT2D eigenvalue weighted by molar-refractivity contribution is 5.76. The number of rotatable bonds is 2. The Morgan fingerprint density at radius 3 is 2.19 bits per heavy atom. The Morgan fingerprint density at radius 1 is 0.889 bits per heavy atom. The van der Waals surface area contributed by atoms with Crippen LogP contribution in [0.15, 0.2) is 11.6 Å². The summed E-state index contributed by atoms with van der Waals surface area (Å²) < 4.78 is 5.87. The molecule has 0 aromatic carbocycles. The number of aliphatic carboxylic acids is 1. The van der Waals surface area contributed by atoms with Crippen LogP contribution >= 0.6 is 0 Å². The average Bonchev–Trinajstić information content (AvgIpc) is 2.75. The van der Waals surface area contributed by atoms with Gasteiger partial charge in [-0.3, -0.25) is 9.59 Å². The number of ether oxygens (including phenoxy) is 1. The summed E-state index contributed by atoms with van der Waals surface area (Å²) in [6, 6.07) is 0. The van der Waals surface area contributed by atoms with Crippen LogP contribution in [0.3, 0.4) is 0 Å². The van der Waals surface area contributed by atoms with Gasteiger partial charge < -0.3 is 9.84 Å². The Bertz CT molecular complexity index is 992. The number of allylic oxidation sites excluding steroid dienone is 2. The van der Waals surface area contributed by atoms with Crippen LogP contribution < -0.4 is 0 Å². The summed E-state index contributed by atoms with van der Waals surface area (Å²) in [5.41, 5.74) is 1.50. The predicted molar refractivity (Wildman–Crippen MR) is 142 cm³/mol. The van der Waals surface area contributed by atoms with E-state index in [-0.39, 0.29) is 45.1 Å². The van der Waals surface area contributed by atoms with Crippen LogP contribution in [0, 0.1) is 50.2 Å². The molecule has 0 saturated heterocycles. The molecule has 36 heavy (non-hydrogen) atoms. The molecule has 5 aliphatic rings. The van der Waals surface area contributed by atoms with E-state index in [9.17, 15) is 14.7 Å². The van der Waals surface area contributed by atoms with Crippen molar-refractivity contribution in [1.82, 2.24) is 0 Å². The van der Waals surface area contributed by atoms with Crippen molar-refractivity contribution in [2.24, 2.45) is 50.2 Å². The Morgan fingerprint density at radius 2 is 1.56 bits per heavy atom. The Labute approximate surface area is 219 Å². The van der Waals surface area contributed by atoms with Crippen LogP contribution in [0.1, 0.15) is 120 Å². The molecule has 202 valence electrons. The van der Waals surface area contributed by atoms with Gasteiger partial charge in [-0.1, -0.05) is 60.1 Å². The fraction of sp³-hybridized carbons (Fsp3) is 0.875. The predicted octanol–water partition coefficient (Wildman–Crippen LogP) is 7.80. The topological polar surface area (TPSA) is 63.6 Å². The first-order valence-corrected chi connectivity index (χ1v) is 14.6. The second-order valence-electron chi connectivity index (χ2n) is 15.6. The van der Waals surface area contributed by atoms with Gasteiger partial charge in [-0.2, -0.15) is 0 Å². The second-order valence-corrected chi connectivity index (χ2v) is 15.6. The minimum Gasteiger partial charge on any atom is -0.481 e.